The van der Waals surface area contributed by atoms with Crippen molar-refractivity contribution in [2.24, 2.45) is 0 Å². The molecule has 160 valence electrons. The van der Waals surface area contributed by atoms with Crippen LogP contribution in [0.25, 0.3) is 0 Å². The highest BCUT2D eigenvalue weighted by Gasteiger charge is 2.15. The van der Waals surface area contributed by atoms with Crippen molar-refractivity contribution >= 4 is 56.8 Å². The predicted octanol–water partition coefficient (Wildman–Crippen LogP) is 3.72. The van der Waals surface area contributed by atoms with Gasteiger partial charge in [0.1, 0.15) is 5.75 Å². The van der Waals surface area contributed by atoms with E-state index in [1.165, 1.54) is 19.1 Å². The van der Waals surface area contributed by atoms with E-state index in [2.05, 4.69) is 31.9 Å². The van der Waals surface area contributed by atoms with Crippen LogP contribution in [0.15, 0.2) is 46.9 Å². The van der Waals surface area contributed by atoms with Gasteiger partial charge in [0.25, 0.3) is 0 Å². The van der Waals surface area contributed by atoms with Crippen LogP contribution in [-0.4, -0.2) is 50.0 Å². The van der Waals surface area contributed by atoms with E-state index in [4.69, 9.17) is 16.3 Å². The Hall–Kier alpha value is -2.78. The van der Waals surface area contributed by atoms with Crippen LogP contribution in [0.4, 0.5) is 16.2 Å². The highest BCUT2D eigenvalue weighted by Crippen LogP contribution is 2.27. The zero-order valence-electron chi connectivity index (χ0n) is 16.5. The predicted molar refractivity (Wildman–Crippen MR) is 120 cm³/mol. The zero-order chi connectivity index (χ0) is 22.1. The fourth-order valence-electron chi connectivity index (χ4n) is 2.45. The van der Waals surface area contributed by atoms with Crippen LogP contribution in [0.1, 0.15) is 6.42 Å². The quantitative estimate of drug-likeness (QED) is 0.517. The molecule has 0 spiro atoms. The number of urea groups is 1. The largest absolute Gasteiger partial charge is 0.495 e. The molecule has 2 rings (SSSR count). The lowest BCUT2D eigenvalue weighted by Crippen LogP contribution is -2.37. The fourth-order valence-corrected chi connectivity index (χ4v) is 2.89. The molecule has 0 aliphatic carbocycles. The van der Waals surface area contributed by atoms with Crippen LogP contribution >= 0.6 is 27.5 Å². The molecule has 0 aromatic heterocycles. The smallest absolute Gasteiger partial charge is 0.319 e. The lowest BCUT2D eigenvalue weighted by Gasteiger charge is -2.18. The van der Waals surface area contributed by atoms with Crippen LogP contribution in [0, 0.1) is 0 Å². The number of hydrogen-bond acceptors (Lipinski definition) is 4. The van der Waals surface area contributed by atoms with E-state index in [1.807, 2.05) is 0 Å². The van der Waals surface area contributed by atoms with Crippen LogP contribution in [0.2, 0.25) is 5.02 Å². The minimum Gasteiger partial charge on any atom is -0.495 e. The molecular formula is C20H22BrClN4O4. The molecular weight excluding hydrogens is 476 g/mol. The number of ether oxygens (including phenoxy) is 1. The van der Waals surface area contributed by atoms with Crippen molar-refractivity contribution in [1.29, 1.82) is 0 Å². The van der Waals surface area contributed by atoms with Crippen molar-refractivity contribution in [3.05, 3.63) is 52.0 Å². The summed E-state index contributed by atoms with van der Waals surface area (Å²) in [6.07, 6.45) is 0.0536. The summed E-state index contributed by atoms with van der Waals surface area (Å²) in [6.45, 7) is -0.0190. The number of methoxy groups -OCH3 is 1. The molecule has 0 radical (unpaired) electrons. The molecule has 2 aromatic carbocycles. The maximum Gasteiger partial charge on any atom is 0.319 e. The molecule has 8 nitrogen and oxygen atoms in total. The minimum absolute atomic E-state index is 0.0536. The van der Waals surface area contributed by atoms with E-state index in [-0.39, 0.29) is 25.4 Å². The van der Waals surface area contributed by atoms with Gasteiger partial charge in [-0.05, 0) is 42.5 Å². The highest BCUT2D eigenvalue weighted by molar-refractivity contribution is 9.10. The van der Waals surface area contributed by atoms with E-state index in [1.54, 1.807) is 42.5 Å². The number of nitrogens with one attached hydrogen (secondary N) is 3. The Kier molecular flexibility index (Phi) is 8.94. The molecule has 0 aliphatic heterocycles. The lowest BCUT2D eigenvalue weighted by molar-refractivity contribution is -0.133. The first-order chi connectivity index (χ1) is 14.3. The molecule has 0 fully saturated rings. The average Bonchev–Trinajstić information content (AvgIpc) is 2.69. The second-order valence-corrected chi connectivity index (χ2v) is 7.63. The Morgan fingerprint density at radius 3 is 2.47 bits per heavy atom. The van der Waals surface area contributed by atoms with Gasteiger partial charge in [0, 0.05) is 35.2 Å². The molecule has 0 unspecified atom stereocenters. The number of benzene rings is 2. The maximum absolute atomic E-state index is 12.2. The van der Waals surface area contributed by atoms with Crippen molar-refractivity contribution in [3.8, 4) is 5.75 Å². The summed E-state index contributed by atoms with van der Waals surface area (Å²) in [6, 6.07) is 11.5. The minimum atomic E-state index is -0.418. The van der Waals surface area contributed by atoms with Crippen LogP contribution < -0.4 is 20.7 Å². The fraction of sp³-hybridized carbons (Fsp3) is 0.250. The van der Waals surface area contributed by atoms with Gasteiger partial charge in [0.2, 0.25) is 11.8 Å². The van der Waals surface area contributed by atoms with Crippen LogP contribution in [0.3, 0.4) is 0 Å². The first kappa shape index (κ1) is 23.5. The summed E-state index contributed by atoms with van der Waals surface area (Å²) in [4.78, 5) is 37.6. The third-order valence-electron chi connectivity index (χ3n) is 3.97. The Labute approximate surface area is 188 Å². The van der Waals surface area contributed by atoms with Crippen molar-refractivity contribution in [2.45, 2.75) is 6.42 Å². The zero-order valence-corrected chi connectivity index (χ0v) is 18.8. The molecule has 3 N–H and O–H groups in total. The van der Waals surface area contributed by atoms with Crippen molar-refractivity contribution < 1.29 is 19.1 Å². The van der Waals surface area contributed by atoms with Crippen molar-refractivity contribution in [3.63, 3.8) is 0 Å². The van der Waals surface area contributed by atoms with Gasteiger partial charge in [-0.2, -0.15) is 0 Å². The van der Waals surface area contributed by atoms with Gasteiger partial charge in [0.15, 0.2) is 0 Å². The summed E-state index contributed by atoms with van der Waals surface area (Å²) in [5, 5.41) is 8.38. The van der Waals surface area contributed by atoms with Gasteiger partial charge in [-0.25, -0.2) is 4.79 Å². The lowest BCUT2D eigenvalue weighted by atomic mass is 10.3. The van der Waals surface area contributed by atoms with E-state index in [0.717, 1.165) is 4.47 Å². The molecule has 10 heteroatoms. The SMILES string of the molecule is COc1ccc(Cl)cc1NC(=O)CN(C)C(=O)CCNC(=O)Nc1ccc(Br)cc1. The van der Waals surface area contributed by atoms with Gasteiger partial charge in [-0.3, -0.25) is 9.59 Å². The first-order valence-electron chi connectivity index (χ1n) is 8.96. The molecule has 0 bridgehead atoms. The molecule has 4 amide bonds. The molecule has 0 heterocycles. The number of carbonyl (C=O) groups excluding carboxylic acids is 3. The van der Waals surface area contributed by atoms with Gasteiger partial charge in [0.05, 0.1) is 19.3 Å². The molecule has 0 saturated heterocycles. The molecule has 0 atom stereocenters. The summed E-state index contributed by atoms with van der Waals surface area (Å²) in [5.74, 6) is -0.220. The first-order valence-corrected chi connectivity index (χ1v) is 10.1. The van der Waals surface area contributed by atoms with E-state index < -0.39 is 11.9 Å². The number of carbonyl (C=O) groups is 3. The van der Waals surface area contributed by atoms with Crippen molar-refractivity contribution in [2.75, 3.05) is 37.9 Å². The van der Waals surface area contributed by atoms with E-state index in [0.29, 0.717) is 22.1 Å². The molecule has 0 aliphatic rings. The molecule has 30 heavy (non-hydrogen) atoms. The number of nitrogens with zero attached hydrogens (tertiary/aromatic N) is 1. The van der Waals surface area contributed by atoms with E-state index >= 15 is 0 Å². The summed E-state index contributed by atoms with van der Waals surface area (Å²) >= 11 is 9.26. The van der Waals surface area contributed by atoms with Crippen LogP contribution in [0.5, 0.6) is 5.75 Å². The molecule has 2 aromatic rings. The number of rotatable bonds is 8. The Morgan fingerprint density at radius 2 is 1.80 bits per heavy atom. The number of likely N-dealkylation sites (N-methyl/N-ethyl adjacent to an activating group) is 1. The number of hydrogen-bond donors (Lipinski definition) is 3. The number of anilines is 2. The monoisotopic (exact) mass is 496 g/mol. The maximum atomic E-state index is 12.2. The van der Waals surface area contributed by atoms with Gasteiger partial charge in [-0.15, -0.1) is 0 Å². The summed E-state index contributed by atoms with van der Waals surface area (Å²) < 4.78 is 6.08. The number of amides is 4. The Morgan fingerprint density at radius 1 is 1.10 bits per heavy atom. The molecule has 0 saturated carbocycles. The van der Waals surface area contributed by atoms with Gasteiger partial charge < -0.3 is 25.6 Å². The normalized spacial score (nSPS) is 10.1. The summed E-state index contributed by atoms with van der Waals surface area (Å²) in [5.41, 5.74) is 1.05. The van der Waals surface area contributed by atoms with E-state index in [9.17, 15) is 14.4 Å². The average molecular weight is 498 g/mol. The summed E-state index contributed by atoms with van der Waals surface area (Å²) in [7, 11) is 2.99. The number of halogens is 2. The topological polar surface area (TPSA) is 99.8 Å². The van der Waals surface area contributed by atoms with Crippen molar-refractivity contribution in [1.82, 2.24) is 10.2 Å². The third kappa shape index (κ3) is 7.57. The highest BCUT2D eigenvalue weighted by atomic mass is 79.9. The third-order valence-corrected chi connectivity index (χ3v) is 4.73. The second kappa shape index (κ2) is 11.4. The van der Waals surface area contributed by atoms with Gasteiger partial charge in [-0.1, -0.05) is 27.5 Å². The van der Waals surface area contributed by atoms with Gasteiger partial charge >= 0.3 is 6.03 Å². The Bertz CT molecular complexity index is 908. The van der Waals surface area contributed by atoms with Crippen LogP contribution in [-0.2, 0) is 9.59 Å². The standard InChI is InChI=1S/C20H22BrClN4O4/c1-26(12-18(27)25-16-11-14(22)5-8-17(16)30-2)19(28)9-10-23-20(29)24-15-6-3-13(21)4-7-15/h3-8,11H,9-10,12H2,1-2H3,(H,25,27)(H2,23,24,29). The second-order valence-electron chi connectivity index (χ2n) is 6.28. The Balaban J connectivity index is 1.75.